The summed E-state index contributed by atoms with van der Waals surface area (Å²) in [7, 11) is 0. The van der Waals surface area contributed by atoms with Crippen LogP contribution in [-0.4, -0.2) is 43.0 Å². The van der Waals surface area contributed by atoms with Gasteiger partial charge in [0.05, 0.1) is 23.3 Å². The molecule has 0 spiro atoms. The fraction of sp³-hybridized carbons (Fsp3) is 0.200. The number of fused-ring (bicyclic) bond motifs is 3. The molecule has 5 nitrogen and oxygen atoms in total. The van der Waals surface area contributed by atoms with Crippen molar-refractivity contribution < 1.29 is 14.3 Å². The van der Waals surface area contributed by atoms with Crippen molar-refractivity contribution in [3.8, 4) is 22.3 Å². The number of primary amides is 1. The first-order chi connectivity index (χ1) is 15.4. The Balaban J connectivity index is 1.63. The van der Waals surface area contributed by atoms with Crippen LogP contribution >= 0.6 is 23.2 Å². The van der Waals surface area contributed by atoms with E-state index in [1.54, 1.807) is 17.0 Å². The van der Waals surface area contributed by atoms with Gasteiger partial charge in [-0.25, -0.2) is 0 Å². The van der Waals surface area contributed by atoms with Crippen LogP contribution in [0.3, 0.4) is 0 Å². The maximum Gasteiger partial charge on any atom is 0.254 e. The van der Waals surface area contributed by atoms with E-state index in [1.807, 2.05) is 36.4 Å². The number of halogens is 2. The molecule has 0 bridgehead atoms. The second kappa shape index (κ2) is 8.24. The van der Waals surface area contributed by atoms with E-state index in [4.69, 9.17) is 33.7 Å². The number of morpholine rings is 1. The predicted octanol–water partition coefficient (Wildman–Crippen LogP) is 4.80. The lowest BCUT2D eigenvalue weighted by atomic mass is 9.93. The van der Waals surface area contributed by atoms with Gasteiger partial charge in [0, 0.05) is 29.8 Å². The molecule has 3 aromatic rings. The van der Waals surface area contributed by atoms with Crippen LogP contribution in [0.2, 0.25) is 10.0 Å². The summed E-state index contributed by atoms with van der Waals surface area (Å²) in [5.74, 6) is -0.521. The Labute approximate surface area is 195 Å². The van der Waals surface area contributed by atoms with E-state index in [1.165, 1.54) is 0 Å². The zero-order valence-corrected chi connectivity index (χ0v) is 18.7. The van der Waals surface area contributed by atoms with Gasteiger partial charge in [-0.1, -0.05) is 41.4 Å². The van der Waals surface area contributed by atoms with Crippen molar-refractivity contribution in [3.05, 3.63) is 80.8 Å². The largest absolute Gasteiger partial charge is 0.378 e. The molecule has 32 heavy (non-hydrogen) atoms. The number of rotatable bonds is 3. The van der Waals surface area contributed by atoms with Crippen LogP contribution in [0.1, 0.15) is 31.8 Å². The highest BCUT2D eigenvalue weighted by Gasteiger charge is 2.27. The van der Waals surface area contributed by atoms with Crippen molar-refractivity contribution in [1.29, 1.82) is 0 Å². The Morgan fingerprint density at radius 3 is 2.47 bits per heavy atom. The number of amides is 2. The molecule has 0 aromatic heterocycles. The Morgan fingerprint density at radius 1 is 0.938 bits per heavy atom. The van der Waals surface area contributed by atoms with Crippen molar-refractivity contribution in [2.45, 2.75) is 6.42 Å². The van der Waals surface area contributed by atoms with E-state index in [9.17, 15) is 9.59 Å². The van der Waals surface area contributed by atoms with E-state index in [-0.39, 0.29) is 5.91 Å². The zero-order chi connectivity index (χ0) is 22.4. The predicted molar refractivity (Wildman–Crippen MR) is 125 cm³/mol. The minimum Gasteiger partial charge on any atom is -0.378 e. The number of ether oxygens (including phenoxy) is 1. The molecule has 2 N–H and O–H groups in total. The van der Waals surface area contributed by atoms with E-state index in [0.29, 0.717) is 53.9 Å². The minimum absolute atomic E-state index is 0.0197. The van der Waals surface area contributed by atoms with Gasteiger partial charge in [-0.05, 0) is 64.6 Å². The maximum absolute atomic E-state index is 13.0. The molecule has 1 fully saturated rings. The highest BCUT2D eigenvalue weighted by Crippen LogP contribution is 2.43. The van der Waals surface area contributed by atoms with Gasteiger partial charge in [0.15, 0.2) is 0 Å². The van der Waals surface area contributed by atoms with E-state index in [0.717, 1.165) is 33.4 Å². The molecule has 0 atom stereocenters. The van der Waals surface area contributed by atoms with Gasteiger partial charge >= 0.3 is 0 Å². The van der Waals surface area contributed by atoms with Crippen LogP contribution in [0.25, 0.3) is 22.3 Å². The molecule has 0 radical (unpaired) electrons. The van der Waals surface area contributed by atoms with Crippen molar-refractivity contribution in [1.82, 2.24) is 4.90 Å². The molecule has 2 amide bonds. The molecule has 3 aromatic carbocycles. The Morgan fingerprint density at radius 2 is 1.72 bits per heavy atom. The van der Waals surface area contributed by atoms with Crippen LogP contribution in [0.4, 0.5) is 0 Å². The molecular weight excluding hydrogens is 447 g/mol. The number of nitrogens with zero attached hydrogens (tertiary/aromatic N) is 1. The molecule has 1 aliphatic heterocycles. The Hall–Kier alpha value is -2.86. The molecule has 0 unspecified atom stereocenters. The van der Waals surface area contributed by atoms with Gasteiger partial charge in [-0.15, -0.1) is 0 Å². The summed E-state index contributed by atoms with van der Waals surface area (Å²) in [5.41, 5.74) is 12.0. The Bertz CT molecular complexity index is 1270. The third-order valence-electron chi connectivity index (χ3n) is 6.09. The number of nitrogens with two attached hydrogens (primary N) is 1. The standard InChI is InChI=1S/C25H20Cl2N2O3/c26-22-3-1-2-17(23(22)27)16-12-19-18-11-15(25(31)29-6-8-32-9-7-29)5-4-14(18)10-20(19)21(13-16)24(28)30/h1-5,11-13H,6-10H2,(H2,28,30). The van der Waals surface area contributed by atoms with Crippen LogP contribution in [0, 0.1) is 0 Å². The summed E-state index contributed by atoms with van der Waals surface area (Å²) in [5, 5.41) is 0.850. The number of benzene rings is 3. The molecule has 5 rings (SSSR count). The zero-order valence-electron chi connectivity index (χ0n) is 17.2. The molecule has 1 heterocycles. The third-order valence-corrected chi connectivity index (χ3v) is 6.91. The quantitative estimate of drug-likeness (QED) is 0.471. The van der Waals surface area contributed by atoms with Crippen LogP contribution in [-0.2, 0) is 11.2 Å². The summed E-state index contributed by atoms with van der Waals surface area (Å²) in [6.07, 6.45) is 0.582. The first-order valence-electron chi connectivity index (χ1n) is 10.4. The Kier molecular flexibility index (Phi) is 5.41. The van der Waals surface area contributed by atoms with Gasteiger partial charge in [-0.3, -0.25) is 9.59 Å². The van der Waals surface area contributed by atoms with Gasteiger partial charge in [0.25, 0.3) is 5.91 Å². The highest BCUT2D eigenvalue weighted by atomic mass is 35.5. The van der Waals surface area contributed by atoms with E-state index >= 15 is 0 Å². The average Bonchev–Trinajstić information content (AvgIpc) is 3.18. The molecule has 7 heteroatoms. The number of carbonyl (C=O) groups excluding carboxylic acids is 2. The van der Waals surface area contributed by atoms with Gasteiger partial charge < -0.3 is 15.4 Å². The third kappa shape index (κ3) is 3.56. The highest BCUT2D eigenvalue weighted by molar-refractivity contribution is 6.43. The van der Waals surface area contributed by atoms with E-state index < -0.39 is 5.91 Å². The van der Waals surface area contributed by atoms with Crippen molar-refractivity contribution in [2.24, 2.45) is 5.73 Å². The van der Waals surface area contributed by atoms with Crippen LogP contribution in [0.5, 0.6) is 0 Å². The minimum atomic E-state index is -0.501. The fourth-order valence-electron chi connectivity index (χ4n) is 4.46. The van der Waals surface area contributed by atoms with Gasteiger partial charge in [0.1, 0.15) is 0 Å². The number of carbonyl (C=O) groups is 2. The second-order valence-corrected chi connectivity index (χ2v) is 8.75. The normalized spacial score (nSPS) is 14.8. The van der Waals surface area contributed by atoms with Gasteiger partial charge in [0.2, 0.25) is 5.91 Å². The smallest absolute Gasteiger partial charge is 0.254 e. The van der Waals surface area contributed by atoms with Gasteiger partial charge in [-0.2, -0.15) is 0 Å². The first-order valence-corrected chi connectivity index (χ1v) is 11.1. The topological polar surface area (TPSA) is 72.6 Å². The average molecular weight is 467 g/mol. The molecule has 0 saturated carbocycles. The number of hydrogen-bond donors (Lipinski definition) is 1. The summed E-state index contributed by atoms with van der Waals surface area (Å²) < 4.78 is 5.36. The fourth-order valence-corrected chi connectivity index (χ4v) is 4.87. The van der Waals surface area contributed by atoms with Crippen molar-refractivity contribution in [2.75, 3.05) is 26.3 Å². The lowest BCUT2D eigenvalue weighted by Gasteiger charge is -2.27. The van der Waals surface area contributed by atoms with Crippen molar-refractivity contribution in [3.63, 3.8) is 0 Å². The van der Waals surface area contributed by atoms with E-state index in [2.05, 4.69) is 0 Å². The number of hydrogen-bond acceptors (Lipinski definition) is 3. The molecular formula is C25H20Cl2N2O3. The lowest BCUT2D eigenvalue weighted by Crippen LogP contribution is -2.40. The SMILES string of the molecule is NC(=O)c1cc(-c2cccc(Cl)c2Cl)cc2c1Cc1ccc(C(=O)N3CCOCC3)cc1-2. The lowest BCUT2D eigenvalue weighted by molar-refractivity contribution is 0.0303. The second-order valence-electron chi connectivity index (χ2n) is 7.97. The molecule has 1 saturated heterocycles. The summed E-state index contributed by atoms with van der Waals surface area (Å²) >= 11 is 12.7. The molecule has 1 aliphatic carbocycles. The maximum atomic E-state index is 13.0. The molecule has 2 aliphatic rings. The summed E-state index contributed by atoms with van der Waals surface area (Å²) in [6.45, 7) is 2.25. The monoisotopic (exact) mass is 466 g/mol. The molecule has 162 valence electrons. The van der Waals surface area contributed by atoms with Crippen molar-refractivity contribution >= 4 is 35.0 Å². The van der Waals surface area contributed by atoms with Crippen LogP contribution in [0.15, 0.2) is 48.5 Å². The van der Waals surface area contributed by atoms with Crippen LogP contribution < -0.4 is 5.73 Å². The summed E-state index contributed by atoms with van der Waals surface area (Å²) in [4.78, 5) is 27.1. The summed E-state index contributed by atoms with van der Waals surface area (Å²) in [6, 6.07) is 14.9. The first kappa shape index (κ1) is 21.0.